The van der Waals surface area contributed by atoms with Crippen LogP contribution in [0.3, 0.4) is 0 Å². The highest BCUT2D eigenvalue weighted by atomic mass is 35.5. The van der Waals surface area contributed by atoms with Crippen LogP contribution in [0.1, 0.15) is 80.9 Å². The van der Waals surface area contributed by atoms with Gasteiger partial charge in [-0.2, -0.15) is 0 Å². The number of aryl methyl sites for hydroxylation is 3. The number of hydrogen-bond acceptors (Lipinski definition) is 20. The molecule has 8 heterocycles. The van der Waals surface area contributed by atoms with Gasteiger partial charge >= 0.3 is 0 Å². The highest BCUT2D eigenvalue weighted by Crippen LogP contribution is 2.31. The van der Waals surface area contributed by atoms with Crippen LogP contribution in [0.5, 0.6) is 57.5 Å². The Morgan fingerprint density at radius 1 is 0.376 bits per heavy atom. The Labute approximate surface area is 684 Å². The number of nitrogens with one attached hydrogen (secondary N) is 5. The molecule has 0 aliphatic carbocycles. The molecule has 117 heavy (non-hydrogen) atoms. The number of amides is 5. The van der Waals surface area contributed by atoms with Crippen LogP contribution in [-0.4, -0.2) is 69.4 Å². The van der Waals surface area contributed by atoms with Crippen LogP contribution < -0.4 is 50.3 Å². The minimum absolute atomic E-state index is 0. The number of hydrogen-bond donors (Lipinski definition) is 5. The molecule has 0 spiro atoms. The van der Waals surface area contributed by atoms with Crippen molar-refractivity contribution in [1.29, 1.82) is 0 Å². The zero-order chi connectivity index (χ0) is 81.4. The molecule has 584 valence electrons. The van der Waals surface area contributed by atoms with Gasteiger partial charge in [0, 0.05) is 134 Å². The van der Waals surface area contributed by atoms with E-state index in [1.54, 1.807) is 220 Å². The molecule has 23 nitrogen and oxygen atoms in total. The van der Waals surface area contributed by atoms with Gasteiger partial charge in [-0.15, -0.1) is 29.1 Å². The summed E-state index contributed by atoms with van der Waals surface area (Å²) in [6, 6.07) is 65.9. The summed E-state index contributed by atoms with van der Waals surface area (Å²) < 4.78 is 55.8. The van der Waals surface area contributed by atoms with Gasteiger partial charge in [0.25, 0.3) is 29.5 Å². The summed E-state index contributed by atoms with van der Waals surface area (Å²) in [5.41, 5.74) is 5.97. The molecule has 0 saturated heterocycles. The summed E-state index contributed by atoms with van der Waals surface area (Å²) in [6.45, 7) is 5.51. The van der Waals surface area contributed by atoms with Gasteiger partial charge < -0.3 is 50.3 Å². The van der Waals surface area contributed by atoms with Gasteiger partial charge in [0.2, 0.25) is 0 Å². The van der Waals surface area contributed by atoms with Crippen molar-refractivity contribution in [3.05, 3.63) is 375 Å². The summed E-state index contributed by atoms with van der Waals surface area (Å²) in [5.74, 6) is 5.25. The normalized spacial score (nSPS) is 10.1. The van der Waals surface area contributed by atoms with E-state index in [1.807, 2.05) is 67.8 Å². The predicted molar refractivity (Wildman–Crippen MR) is 449 cm³/mol. The fraction of sp³-hybridized carbons (Fsp3) is 0.0449. The van der Waals surface area contributed by atoms with E-state index in [4.69, 9.17) is 41.7 Å². The van der Waals surface area contributed by atoms with Crippen LogP contribution in [-0.2, 0) is 0 Å². The Hall–Kier alpha value is -15.2. The largest absolute Gasteiger partial charge is 0.456 e. The van der Waals surface area contributed by atoms with E-state index in [0.29, 0.717) is 96.3 Å². The molecule has 15 aromatic rings. The summed E-state index contributed by atoms with van der Waals surface area (Å²) in [5, 5.41) is 18.9. The fourth-order valence-electron chi connectivity index (χ4n) is 9.95. The van der Waals surface area contributed by atoms with Crippen LogP contribution in [0.4, 0.5) is 37.2 Å². The first-order chi connectivity index (χ1) is 56.4. The Bertz CT molecular complexity index is 5750. The van der Waals surface area contributed by atoms with Crippen molar-refractivity contribution in [2.45, 2.75) is 28.2 Å². The number of ether oxygens (including phenoxy) is 5. The van der Waals surface area contributed by atoms with Gasteiger partial charge in [0.1, 0.15) is 80.5 Å². The lowest BCUT2D eigenvalue weighted by atomic mass is 10.1. The lowest BCUT2D eigenvalue weighted by Gasteiger charge is -2.09. The van der Waals surface area contributed by atoms with Crippen LogP contribution in [0.25, 0.3) is 0 Å². The van der Waals surface area contributed by atoms with Gasteiger partial charge in [0.15, 0.2) is 5.01 Å². The second kappa shape index (κ2) is 43.0. The second-order valence-electron chi connectivity index (χ2n) is 24.1. The molecule has 0 saturated carbocycles. The van der Waals surface area contributed by atoms with Crippen molar-refractivity contribution in [3.8, 4) is 69.8 Å². The predicted octanol–water partition coefficient (Wildman–Crippen LogP) is 21.4. The Morgan fingerprint density at radius 3 is 1.23 bits per heavy atom. The number of anilines is 5. The van der Waals surface area contributed by atoms with Gasteiger partial charge in [0.05, 0.1) is 41.6 Å². The summed E-state index contributed by atoms with van der Waals surface area (Å²) in [6.07, 6.45) is 21.6. The number of benzene rings is 7. The first-order valence-corrected chi connectivity index (χ1v) is 37.0. The molecule has 0 bridgehead atoms. The second-order valence-corrected chi connectivity index (χ2v) is 26.4. The minimum Gasteiger partial charge on any atom is -0.456 e. The number of thiazole rings is 2. The smallest absolute Gasteiger partial charge is 0.284 e. The van der Waals surface area contributed by atoms with E-state index < -0.39 is 23.4 Å². The number of rotatable bonds is 20. The van der Waals surface area contributed by atoms with Crippen molar-refractivity contribution >= 4 is 92.2 Å². The van der Waals surface area contributed by atoms with E-state index in [2.05, 4.69) is 72.4 Å². The number of carbonyl (C=O) groups excluding carboxylic acids is 5. The molecular formula is C89H70ClF2N13O10S2. The van der Waals surface area contributed by atoms with E-state index in [0.717, 1.165) is 22.5 Å². The average Bonchev–Trinajstić information content (AvgIpc) is 1.84. The van der Waals surface area contributed by atoms with Crippen molar-refractivity contribution in [2.24, 2.45) is 0 Å². The number of pyridine rings is 6. The summed E-state index contributed by atoms with van der Waals surface area (Å²) in [4.78, 5) is 93.2. The Balaban J connectivity index is 0.000000154. The van der Waals surface area contributed by atoms with Gasteiger partial charge in [-0.1, -0.05) is 61.3 Å². The number of carbonyl (C=O) groups is 5. The van der Waals surface area contributed by atoms with Gasteiger partial charge in [-0.05, 0) is 185 Å². The minimum atomic E-state index is -0.639. The highest BCUT2D eigenvalue weighted by Gasteiger charge is 2.17. The third-order valence-corrected chi connectivity index (χ3v) is 17.1. The maximum absolute atomic E-state index is 13.8. The third kappa shape index (κ3) is 27.3. The van der Waals surface area contributed by atoms with Crippen LogP contribution in [0, 0.1) is 44.7 Å². The summed E-state index contributed by atoms with van der Waals surface area (Å²) in [7, 11) is 0. The molecule has 0 radical (unpaired) electrons. The standard InChI is InChI=1S/C20H14N2O2.C18H12ClFN2O2.C18H14FN3O2.2C16H13N3O2S.CH4/c1-2-15-6-3-7-16(12-15)20(23)22-17-8-4-9-18(13-17)24-19-10-5-11-21-14-19;19-12-6-7-17(20)16(9-12)18(23)22-13-3-1-4-14(10-13)24-15-5-2-8-21-11-15;1-12-4-2-6-17(21-12)18(23)22-14-8-13(19)9-16(10-14)24-15-5-3-7-20-11-15;1-11-18-15(10-22-11)16(20)19-12-4-2-5-13(8-12)21-14-6-3-7-17-9-14;1-11-10-22-16(18-11)15(20)19-12-4-2-5-13(8-12)21-14-6-3-7-17-9-14;/h1,3-14H,(H,22,23);1-11H,(H,22,23);2-11H,1H3,(H,22,23);2*2-10H,1H3,(H,19,20);1H4. The highest BCUT2D eigenvalue weighted by molar-refractivity contribution is 7.11. The lowest BCUT2D eigenvalue weighted by Crippen LogP contribution is -2.14. The van der Waals surface area contributed by atoms with Crippen molar-refractivity contribution < 1.29 is 56.4 Å². The first kappa shape index (κ1) is 84.2. The van der Waals surface area contributed by atoms with E-state index in [1.165, 1.54) is 59.2 Å². The zero-order valence-electron chi connectivity index (χ0n) is 61.6. The fourth-order valence-corrected chi connectivity index (χ4v) is 11.4. The van der Waals surface area contributed by atoms with Crippen LogP contribution >= 0.6 is 34.3 Å². The molecule has 7 aromatic carbocycles. The van der Waals surface area contributed by atoms with Crippen molar-refractivity contribution in [1.82, 2.24) is 39.9 Å². The van der Waals surface area contributed by atoms with Crippen LogP contribution in [0.2, 0.25) is 5.02 Å². The van der Waals surface area contributed by atoms with E-state index in [-0.39, 0.29) is 52.9 Å². The maximum Gasteiger partial charge on any atom is 0.284 e. The Morgan fingerprint density at radius 2 is 0.795 bits per heavy atom. The van der Waals surface area contributed by atoms with Crippen molar-refractivity contribution in [3.63, 3.8) is 0 Å². The monoisotopic (exact) mass is 1620 g/mol. The molecule has 0 aliphatic rings. The third-order valence-electron chi connectivity index (χ3n) is 15.1. The van der Waals surface area contributed by atoms with Gasteiger partial charge in [-0.3, -0.25) is 48.9 Å². The average molecular weight is 1620 g/mol. The number of terminal acetylenes is 1. The molecular weight excluding hydrogens is 1550 g/mol. The molecule has 0 fully saturated rings. The van der Waals surface area contributed by atoms with Crippen LogP contribution in [0.15, 0.2) is 309 Å². The van der Waals surface area contributed by atoms with Gasteiger partial charge in [-0.25, -0.2) is 23.7 Å². The quantitative estimate of drug-likeness (QED) is 0.0443. The van der Waals surface area contributed by atoms with E-state index in [9.17, 15) is 32.8 Å². The molecule has 15 rings (SSSR count). The first-order valence-electron chi connectivity index (χ1n) is 34.8. The number of nitrogens with zero attached hydrogens (tertiary/aromatic N) is 8. The summed E-state index contributed by atoms with van der Waals surface area (Å²) >= 11 is 8.57. The lowest BCUT2D eigenvalue weighted by molar-refractivity contribution is 0.101. The topological polar surface area (TPSA) is 295 Å². The molecule has 5 N–H and O–H groups in total. The SMILES string of the molecule is C.C#Cc1cccc(C(=O)Nc2cccc(Oc3cccnc3)c2)c1.Cc1cccc(C(=O)Nc2cc(F)cc(Oc3cccnc3)c2)n1.Cc1csc(C(=O)Nc2cccc(Oc3cccnc3)c2)n1.Cc1nc(C(=O)Nc2cccc(Oc3cccnc3)c2)cs1.O=C(Nc1cccc(Oc2cccnc2)c1)c1cc(Cl)ccc1F. The molecule has 8 aromatic heterocycles. The molecule has 0 atom stereocenters. The zero-order valence-corrected chi connectivity index (χ0v) is 64.0. The number of aromatic nitrogens is 8. The van der Waals surface area contributed by atoms with Crippen molar-refractivity contribution in [2.75, 3.05) is 26.6 Å². The number of halogens is 3. The molecule has 28 heteroatoms. The van der Waals surface area contributed by atoms with E-state index >= 15 is 0 Å². The maximum atomic E-state index is 13.8. The molecule has 5 amide bonds. The molecule has 0 aliphatic heterocycles. The Kier molecular flexibility index (Phi) is 30.9. The molecule has 0 unspecified atom stereocenters.